The van der Waals surface area contributed by atoms with Crippen LogP contribution in [0.5, 0.6) is 11.5 Å². The monoisotopic (exact) mass is 615 g/mol. The lowest BCUT2D eigenvalue weighted by atomic mass is 10.1. The molecule has 3 aromatic rings. The number of hydrogen-bond donors (Lipinski definition) is 1. The molecule has 1 aliphatic heterocycles. The molecule has 0 radical (unpaired) electrons. The highest BCUT2D eigenvalue weighted by molar-refractivity contribution is 7.80. The quantitative estimate of drug-likeness (QED) is 0.240. The van der Waals surface area contributed by atoms with Crippen LogP contribution in [-0.4, -0.2) is 61.7 Å². The minimum atomic E-state index is -0.869. The van der Waals surface area contributed by atoms with E-state index in [4.69, 9.17) is 49.6 Å². The number of nitrogens with one attached hydrogen (secondary N) is 1. The number of carbonyl (C=O) groups is 3. The number of rotatable bonds is 10. The molecule has 2 amide bonds. The van der Waals surface area contributed by atoms with Crippen LogP contribution in [0.4, 0.5) is 11.4 Å². The van der Waals surface area contributed by atoms with Crippen molar-refractivity contribution >= 4 is 69.7 Å². The number of benzene rings is 3. The first-order valence-electron chi connectivity index (χ1n) is 12.5. The second kappa shape index (κ2) is 13.2. The summed E-state index contributed by atoms with van der Waals surface area (Å²) in [4.78, 5) is 41.6. The Balaban J connectivity index is 1.56. The van der Waals surface area contributed by atoms with Crippen LogP contribution in [-0.2, 0) is 20.7 Å². The first-order valence-corrected chi connectivity index (χ1v) is 13.6. The molecule has 0 bridgehead atoms. The minimum Gasteiger partial charge on any atom is -0.493 e. The molecule has 1 saturated heterocycles. The molecular formula is C29H27Cl2N3O6S. The lowest BCUT2D eigenvalue weighted by molar-refractivity contribution is -0.124. The molecule has 1 N–H and O–H groups in total. The Morgan fingerprint density at radius 2 is 1.63 bits per heavy atom. The van der Waals surface area contributed by atoms with E-state index in [2.05, 4.69) is 5.32 Å². The normalized spacial score (nSPS) is 14.7. The van der Waals surface area contributed by atoms with Gasteiger partial charge in [0.25, 0.3) is 5.91 Å². The zero-order valence-electron chi connectivity index (χ0n) is 22.5. The van der Waals surface area contributed by atoms with Crippen molar-refractivity contribution in [3.63, 3.8) is 0 Å². The maximum atomic E-state index is 13.7. The molecule has 0 unspecified atom stereocenters. The Kier molecular flexibility index (Phi) is 9.69. The van der Waals surface area contributed by atoms with E-state index in [1.807, 2.05) is 12.1 Å². The summed E-state index contributed by atoms with van der Waals surface area (Å²) in [6.45, 7) is 0.351. The molecule has 41 heavy (non-hydrogen) atoms. The first-order chi connectivity index (χ1) is 19.7. The number of carbonyl (C=O) groups excluding carboxylic acids is 3. The lowest BCUT2D eigenvalue weighted by Crippen LogP contribution is -2.39. The third-order valence-electron chi connectivity index (χ3n) is 6.54. The van der Waals surface area contributed by atoms with Gasteiger partial charge in [-0.2, -0.15) is 0 Å². The Hall–Kier alpha value is -3.86. The summed E-state index contributed by atoms with van der Waals surface area (Å²) in [5.74, 6) is -0.0684. The van der Waals surface area contributed by atoms with Crippen LogP contribution in [0.1, 0.15) is 22.3 Å². The number of anilines is 2. The van der Waals surface area contributed by atoms with E-state index in [9.17, 15) is 14.4 Å². The fourth-order valence-corrected chi connectivity index (χ4v) is 5.14. The van der Waals surface area contributed by atoms with Crippen molar-refractivity contribution in [2.75, 3.05) is 38.1 Å². The zero-order valence-corrected chi connectivity index (χ0v) is 24.8. The molecule has 1 heterocycles. The van der Waals surface area contributed by atoms with Crippen LogP contribution >= 0.6 is 35.4 Å². The maximum absolute atomic E-state index is 13.7. The molecule has 1 atom stereocenters. The topological polar surface area (TPSA) is 97.4 Å². The summed E-state index contributed by atoms with van der Waals surface area (Å²) in [6, 6.07) is 15.7. The number of ether oxygens (including phenoxy) is 3. The van der Waals surface area contributed by atoms with Gasteiger partial charge in [0.05, 0.1) is 49.0 Å². The predicted octanol–water partition coefficient (Wildman–Crippen LogP) is 5.37. The second-order valence-electron chi connectivity index (χ2n) is 9.02. The fourth-order valence-electron chi connectivity index (χ4n) is 4.43. The number of amides is 2. The summed E-state index contributed by atoms with van der Waals surface area (Å²) in [7, 11) is 4.41. The number of hydrogen-bond acceptors (Lipinski definition) is 7. The molecule has 1 aliphatic rings. The summed E-state index contributed by atoms with van der Waals surface area (Å²) in [5.41, 5.74) is 2.20. The van der Waals surface area contributed by atoms with Crippen LogP contribution in [0.3, 0.4) is 0 Å². The Morgan fingerprint density at radius 1 is 0.927 bits per heavy atom. The van der Waals surface area contributed by atoms with Gasteiger partial charge in [-0.05, 0) is 78.8 Å². The third kappa shape index (κ3) is 6.73. The lowest BCUT2D eigenvalue weighted by Gasteiger charge is -2.24. The van der Waals surface area contributed by atoms with Gasteiger partial charge in [-0.25, -0.2) is 4.79 Å². The standard InChI is InChI=1S/C29H27Cl2N3O6S/c1-38-24-11-4-17(14-25(24)39-2)12-13-33-23(16-26(35)32-19-7-5-18(6-8-19)28(37)40-3)27(36)34(29(33)41)20-9-10-21(30)22(31)15-20/h4-11,14-15,23H,12-13,16H2,1-3H3,(H,32,35)/t23-/m0/s1. The molecule has 9 nitrogen and oxygen atoms in total. The maximum Gasteiger partial charge on any atom is 0.337 e. The van der Waals surface area contributed by atoms with Crippen molar-refractivity contribution in [3.8, 4) is 11.5 Å². The highest BCUT2D eigenvalue weighted by Crippen LogP contribution is 2.33. The number of methoxy groups -OCH3 is 3. The number of thiocarbonyl (C=S) groups is 1. The Labute approximate surface area is 252 Å². The van der Waals surface area contributed by atoms with Gasteiger partial charge >= 0.3 is 5.97 Å². The van der Waals surface area contributed by atoms with Gasteiger partial charge < -0.3 is 24.4 Å². The molecule has 0 aliphatic carbocycles. The van der Waals surface area contributed by atoms with Crippen molar-refractivity contribution in [1.82, 2.24) is 4.90 Å². The van der Waals surface area contributed by atoms with Gasteiger partial charge in [0.15, 0.2) is 16.6 Å². The molecule has 12 heteroatoms. The van der Waals surface area contributed by atoms with Crippen LogP contribution in [0.2, 0.25) is 10.0 Å². The smallest absolute Gasteiger partial charge is 0.337 e. The van der Waals surface area contributed by atoms with Crippen LogP contribution in [0.25, 0.3) is 0 Å². The Morgan fingerprint density at radius 3 is 2.27 bits per heavy atom. The van der Waals surface area contributed by atoms with Gasteiger partial charge in [-0.3, -0.25) is 14.5 Å². The molecule has 214 valence electrons. The van der Waals surface area contributed by atoms with Crippen molar-refractivity contribution in [3.05, 3.63) is 81.8 Å². The zero-order chi connectivity index (χ0) is 29.7. The molecule has 1 fully saturated rings. The number of nitrogens with zero attached hydrogens (tertiary/aromatic N) is 2. The van der Waals surface area contributed by atoms with Gasteiger partial charge in [0.2, 0.25) is 5.91 Å². The third-order valence-corrected chi connectivity index (χ3v) is 7.69. The Bertz CT molecular complexity index is 1480. The van der Waals surface area contributed by atoms with Gasteiger partial charge in [0.1, 0.15) is 6.04 Å². The van der Waals surface area contributed by atoms with Crippen LogP contribution < -0.4 is 19.7 Å². The fraction of sp³-hybridized carbons (Fsp3) is 0.241. The van der Waals surface area contributed by atoms with Crippen molar-refractivity contribution in [2.45, 2.75) is 18.9 Å². The molecular weight excluding hydrogens is 589 g/mol. The van der Waals surface area contributed by atoms with Crippen molar-refractivity contribution < 1.29 is 28.6 Å². The minimum absolute atomic E-state index is 0.165. The number of halogens is 2. The van der Waals surface area contributed by atoms with Gasteiger partial charge in [0, 0.05) is 12.2 Å². The largest absolute Gasteiger partial charge is 0.493 e. The molecule has 0 saturated carbocycles. The van der Waals surface area contributed by atoms with E-state index in [1.165, 1.54) is 12.0 Å². The SMILES string of the molecule is COC(=O)c1ccc(NC(=O)C[C@H]2C(=O)N(c3ccc(Cl)c(Cl)c3)C(=S)N2CCc2ccc(OC)c(OC)c2)cc1. The molecule has 4 rings (SSSR count). The molecule has 0 aromatic heterocycles. The molecule has 0 spiro atoms. The number of esters is 1. The summed E-state index contributed by atoms with van der Waals surface area (Å²) in [6.07, 6.45) is 0.345. The van der Waals surface area contributed by atoms with E-state index >= 15 is 0 Å². The first kappa shape index (κ1) is 30.1. The predicted molar refractivity (Wildman–Crippen MR) is 161 cm³/mol. The second-order valence-corrected chi connectivity index (χ2v) is 10.2. The average Bonchev–Trinajstić information content (AvgIpc) is 3.20. The summed E-state index contributed by atoms with van der Waals surface area (Å²) in [5, 5.41) is 3.64. The van der Waals surface area contributed by atoms with Crippen LogP contribution in [0.15, 0.2) is 60.7 Å². The highest BCUT2D eigenvalue weighted by atomic mass is 35.5. The van der Waals surface area contributed by atoms with Crippen LogP contribution in [0, 0.1) is 0 Å². The van der Waals surface area contributed by atoms with Gasteiger partial charge in [-0.15, -0.1) is 0 Å². The van der Waals surface area contributed by atoms with Crippen molar-refractivity contribution in [1.29, 1.82) is 0 Å². The van der Waals surface area contributed by atoms with E-state index in [0.717, 1.165) is 5.56 Å². The van der Waals surface area contributed by atoms with E-state index < -0.39 is 17.9 Å². The van der Waals surface area contributed by atoms with E-state index in [-0.39, 0.29) is 22.5 Å². The molecule has 3 aromatic carbocycles. The van der Waals surface area contributed by atoms with Crippen molar-refractivity contribution in [2.24, 2.45) is 0 Å². The summed E-state index contributed by atoms with van der Waals surface area (Å²) < 4.78 is 15.4. The van der Waals surface area contributed by atoms with E-state index in [1.54, 1.807) is 67.7 Å². The highest BCUT2D eigenvalue weighted by Gasteiger charge is 2.44. The van der Waals surface area contributed by atoms with Gasteiger partial charge in [-0.1, -0.05) is 29.3 Å². The average molecular weight is 617 g/mol. The van der Waals surface area contributed by atoms with E-state index in [0.29, 0.717) is 46.4 Å². The summed E-state index contributed by atoms with van der Waals surface area (Å²) >= 11 is 18.1.